The standard InChI is InChI=1S/C22H23NO3/c1-4-17-8-10-18(11-9-17)25-14-19-12-13-21(26-19)22(24)23-20-7-5-6-15(2)16(20)3/h5-13H,4,14H2,1-3H3,(H,23,24). The van der Waals surface area contributed by atoms with Gasteiger partial charge in [0.15, 0.2) is 5.76 Å². The average Bonchev–Trinajstić information content (AvgIpc) is 3.13. The Kier molecular flexibility index (Phi) is 5.42. The summed E-state index contributed by atoms with van der Waals surface area (Å²) in [6.07, 6.45) is 0.997. The van der Waals surface area contributed by atoms with Crippen LogP contribution in [0.1, 0.15) is 39.9 Å². The number of aryl methyl sites for hydroxylation is 2. The molecule has 3 aromatic rings. The maximum Gasteiger partial charge on any atom is 0.291 e. The Morgan fingerprint density at radius 3 is 2.54 bits per heavy atom. The molecule has 0 atom stereocenters. The summed E-state index contributed by atoms with van der Waals surface area (Å²) in [5.74, 6) is 1.39. The SMILES string of the molecule is CCc1ccc(OCc2ccc(C(=O)Nc3cccc(C)c3C)o2)cc1. The van der Waals surface area contributed by atoms with Crippen LogP contribution < -0.4 is 10.1 Å². The Hall–Kier alpha value is -3.01. The minimum absolute atomic E-state index is 0.266. The molecule has 0 spiro atoms. The van der Waals surface area contributed by atoms with Crippen molar-refractivity contribution in [2.75, 3.05) is 5.32 Å². The molecule has 0 unspecified atom stereocenters. The van der Waals surface area contributed by atoms with Crippen LogP contribution in [0.3, 0.4) is 0 Å². The molecule has 0 saturated carbocycles. The summed E-state index contributed by atoms with van der Waals surface area (Å²) in [4.78, 5) is 12.4. The Morgan fingerprint density at radius 2 is 1.81 bits per heavy atom. The van der Waals surface area contributed by atoms with Gasteiger partial charge in [-0.1, -0.05) is 31.2 Å². The molecular formula is C22H23NO3. The first-order chi connectivity index (χ1) is 12.6. The Balaban J connectivity index is 1.61. The van der Waals surface area contributed by atoms with E-state index < -0.39 is 0 Å². The molecule has 2 aromatic carbocycles. The lowest BCUT2D eigenvalue weighted by Gasteiger charge is -2.09. The van der Waals surface area contributed by atoms with E-state index in [-0.39, 0.29) is 18.3 Å². The number of hydrogen-bond donors (Lipinski definition) is 1. The molecule has 26 heavy (non-hydrogen) atoms. The molecule has 0 bridgehead atoms. The highest BCUT2D eigenvalue weighted by Crippen LogP contribution is 2.20. The van der Waals surface area contributed by atoms with Crippen molar-refractivity contribution in [1.82, 2.24) is 0 Å². The van der Waals surface area contributed by atoms with Gasteiger partial charge in [0.25, 0.3) is 5.91 Å². The zero-order valence-electron chi connectivity index (χ0n) is 15.3. The molecule has 3 rings (SSSR count). The van der Waals surface area contributed by atoms with E-state index >= 15 is 0 Å². The highest BCUT2D eigenvalue weighted by Gasteiger charge is 2.13. The second-order valence-corrected chi connectivity index (χ2v) is 6.25. The largest absolute Gasteiger partial charge is 0.486 e. The van der Waals surface area contributed by atoms with E-state index in [4.69, 9.17) is 9.15 Å². The van der Waals surface area contributed by atoms with Gasteiger partial charge < -0.3 is 14.5 Å². The van der Waals surface area contributed by atoms with Gasteiger partial charge in [-0.05, 0) is 67.3 Å². The molecule has 4 nitrogen and oxygen atoms in total. The molecule has 134 valence electrons. The van der Waals surface area contributed by atoms with Gasteiger partial charge in [0.1, 0.15) is 18.1 Å². The van der Waals surface area contributed by atoms with Crippen LogP contribution in [0.2, 0.25) is 0 Å². The lowest BCUT2D eigenvalue weighted by atomic mass is 10.1. The van der Waals surface area contributed by atoms with Gasteiger partial charge in [-0.15, -0.1) is 0 Å². The minimum atomic E-state index is -0.266. The van der Waals surface area contributed by atoms with Crippen molar-refractivity contribution in [3.8, 4) is 5.75 Å². The zero-order chi connectivity index (χ0) is 18.5. The van der Waals surface area contributed by atoms with E-state index in [2.05, 4.69) is 12.2 Å². The number of benzene rings is 2. The summed E-state index contributed by atoms with van der Waals surface area (Å²) in [5, 5.41) is 2.89. The fraction of sp³-hybridized carbons (Fsp3) is 0.227. The molecular weight excluding hydrogens is 326 g/mol. The third-order valence-corrected chi connectivity index (χ3v) is 4.45. The fourth-order valence-corrected chi connectivity index (χ4v) is 2.62. The van der Waals surface area contributed by atoms with Gasteiger partial charge >= 0.3 is 0 Å². The smallest absolute Gasteiger partial charge is 0.291 e. The fourth-order valence-electron chi connectivity index (χ4n) is 2.62. The lowest BCUT2D eigenvalue weighted by molar-refractivity contribution is 0.0992. The van der Waals surface area contributed by atoms with E-state index in [9.17, 15) is 4.79 Å². The molecule has 0 fully saturated rings. The maximum atomic E-state index is 12.4. The summed E-state index contributed by atoms with van der Waals surface area (Å²) in [7, 11) is 0. The summed E-state index contributed by atoms with van der Waals surface area (Å²) >= 11 is 0. The molecule has 4 heteroatoms. The van der Waals surface area contributed by atoms with Crippen molar-refractivity contribution >= 4 is 11.6 Å². The van der Waals surface area contributed by atoms with Crippen molar-refractivity contribution in [1.29, 1.82) is 0 Å². The van der Waals surface area contributed by atoms with E-state index in [1.165, 1.54) is 5.56 Å². The second-order valence-electron chi connectivity index (χ2n) is 6.25. The summed E-state index contributed by atoms with van der Waals surface area (Å²) < 4.78 is 11.3. The van der Waals surface area contributed by atoms with Crippen LogP contribution in [0.25, 0.3) is 0 Å². The molecule has 0 aliphatic rings. The molecule has 0 aliphatic heterocycles. The van der Waals surface area contributed by atoms with Crippen LogP contribution in [-0.2, 0) is 13.0 Å². The lowest BCUT2D eigenvalue weighted by Crippen LogP contribution is -2.12. The number of furan rings is 1. The predicted molar refractivity (Wildman–Crippen MR) is 103 cm³/mol. The molecule has 0 aliphatic carbocycles. The second kappa shape index (κ2) is 7.91. The Bertz CT molecular complexity index is 894. The number of hydrogen-bond acceptors (Lipinski definition) is 3. The van der Waals surface area contributed by atoms with Gasteiger partial charge in [-0.25, -0.2) is 0 Å². The topological polar surface area (TPSA) is 51.5 Å². The summed E-state index contributed by atoms with van der Waals surface area (Å²) in [6, 6.07) is 17.2. The van der Waals surface area contributed by atoms with Gasteiger partial charge in [0, 0.05) is 5.69 Å². The maximum absolute atomic E-state index is 12.4. The number of ether oxygens (including phenoxy) is 1. The highest BCUT2D eigenvalue weighted by atomic mass is 16.5. The normalized spacial score (nSPS) is 10.6. The van der Waals surface area contributed by atoms with Gasteiger partial charge in [0.05, 0.1) is 0 Å². The number of rotatable bonds is 6. The number of carbonyl (C=O) groups excluding carboxylic acids is 1. The van der Waals surface area contributed by atoms with Crippen molar-refractivity contribution in [3.05, 3.63) is 82.8 Å². The van der Waals surface area contributed by atoms with Crippen LogP contribution in [0, 0.1) is 13.8 Å². The molecule has 1 amide bonds. The first-order valence-electron chi connectivity index (χ1n) is 8.75. The Morgan fingerprint density at radius 1 is 1.04 bits per heavy atom. The first-order valence-corrected chi connectivity index (χ1v) is 8.75. The van der Waals surface area contributed by atoms with Gasteiger partial charge in [0.2, 0.25) is 0 Å². The third-order valence-electron chi connectivity index (χ3n) is 4.45. The quantitative estimate of drug-likeness (QED) is 0.658. The van der Waals surface area contributed by atoms with Crippen LogP contribution in [-0.4, -0.2) is 5.91 Å². The van der Waals surface area contributed by atoms with Gasteiger partial charge in [-0.2, -0.15) is 0 Å². The summed E-state index contributed by atoms with van der Waals surface area (Å²) in [6.45, 7) is 6.39. The molecule has 1 aromatic heterocycles. The van der Waals surface area contributed by atoms with E-state index in [0.29, 0.717) is 5.76 Å². The average molecular weight is 349 g/mol. The predicted octanol–water partition coefficient (Wildman–Crippen LogP) is 5.29. The van der Waals surface area contributed by atoms with E-state index in [1.807, 2.05) is 56.3 Å². The van der Waals surface area contributed by atoms with E-state index in [0.717, 1.165) is 29.0 Å². The van der Waals surface area contributed by atoms with Crippen molar-refractivity contribution in [2.24, 2.45) is 0 Å². The summed E-state index contributed by atoms with van der Waals surface area (Å²) in [5.41, 5.74) is 4.23. The number of carbonyl (C=O) groups is 1. The van der Waals surface area contributed by atoms with Crippen molar-refractivity contribution in [3.63, 3.8) is 0 Å². The van der Waals surface area contributed by atoms with Crippen molar-refractivity contribution in [2.45, 2.75) is 33.8 Å². The molecule has 0 radical (unpaired) electrons. The van der Waals surface area contributed by atoms with E-state index in [1.54, 1.807) is 12.1 Å². The third kappa shape index (κ3) is 4.14. The molecule has 1 N–H and O–H groups in total. The molecule has 0 saturated heterocycles. The molecule has 1 heterocycles. The van der Waals surface area contributed by atoms with Crippen LogP contribution in [0.5, 0.6) is 5.75 Å². The highest BCUT2D eigenvalue weighted by molar-refractivity contribution is 6.02. The monoisotopic (exact) mass is 349 g/mol. The van der Waals surface area contributed by atoms with Crippen LogP contribution >= 0.6 is 0 Å². The van der Waals surface area contributed by atoms with Crippen LogP contribution in [0.15, 0.2) is 59.0 Å². The minimum Gasteiger partial charge on any atom is -0.486 e. The van der Waals surface area contributed by atoms with Gasteiger partial charge in [-0.3, -0.25) is 4.79 Å². The van der Waals surface area contributed by atoms with Crippen LogP contribution in [0.4, 0.5) is 5.69 Å². The zero-order valence-corrected chi connectivity index (χ0v) is 15.3. The number of nitrogens with one attached hydrogen (secondary N) is 1. The van der Waals surface area contributed by atoms with Crippen molar-refractivity contribution < 1.29 is 13.9 Å². The number of amides is 1. The Labute approximate surface area is 153 Å². The number of anilines is 1. The first kappa shape index (κ1) is 17.8.